The first-order chi connectivity index (χ1) is 10.3. The zero-order valence-electron chi connectivity index (χ0n) is 11.8. The number of likely N-dealkylation sites (tertiary alicyclic amines) is 1. The topological polar surface area (TPSA) is 84.0 Å². The predicted octanol–water partition coefficient (Wildman–Crippen LogP) is 1.18. The van der Waals surface area contributed by atoms with Gasteiger partial charge in [-0.15, -0.1) is 0 Å². The average Bonchev–Trinajstić information content (AvgIpc) is 3.19. The largest absolute Gasteiger partial charge is 0.375 e. The van der Waals surface area contributed by atoms with E-state index < -0.39 is 0 Å². The van der Waals surface area contributed by atoms with Gasteiger partial charge in [0.05, 0.1) is 29.8 Å². The van der Waals surface area contributed by atoms with Crippen molar-refractivity contribution in [3.63, 3.8) is 0 Å². The number of methoxy groups -OCH3 is 1. The number of amides is 1. The maximum absolute atomic E-state index is 12.0. The number of carbonyl (C=O) groups is 1. The number of nitrogens with zero attached hydrogens (tertiary/aromatic N) is 4. The maximum atomic E-state index is 12.0. The summed E-state index contributed by atoms with van der Waals surface area (Å²) in [4.78, 5) is 22.7. The van der Waals surface area contributed by atoms with E-state index >= 15 is 0 Å². The van der Waals surface area contributed by atoms with Crippen LogP contribution in [0, 0.1) is 0 Å². The third-order valence-electron chi connectivity index (χ3n) is 3.63. The molecule has 1 fully saturated rings. The van der Waals surface area contributed by atoms with Crippen molar-refractivity contribution in [3.05, 3.63) is 30.4 Å². The van der Waals surface area contributed by atoms with Crippen LogP contribution in [-0.2, 0) is 9.53 Å². The lowest BCUT2D eigenvalue weighted by atomic mass is 10.1. The molecule has 1 saturated heterocycles. The van der Waals surface area contributed by atoms with E-state index in [1.54, 1.807) is 18.6 Å². The first kappa shape index (κ1) is 13.7. The minimum atomic E-state index is -0.00373. The summed E-state index contributed by atoms with van der Waals surface area (Å²) in [7, 11) is 1.53. The second-order valence-corrected chi connectivity index (χ2v) is 4.97. The van der Waals surface area contributed by atoms with E-state index in [0.717, 1.165) is 36.5 Å². The lowest BCUT2D eigenvalue weighted by molar-refractivity contribution is -0.136. The molecule has 110 valence electrons. The van der Waals surface area contributed by atoms with Crippen molar-refractivity contribution in [3.8, 4) is 11.4 Å². The molecule has 0 aliphatic carbocycles. The number of hydrogen-bond acceptors (Lipinski definition) is 5. The Morgan fingerprint density at radius 2 is 2.38 bits per heavy atom. The monoisotopic (exact) mass is 287 g/mol. The second-order valence-electron chi connectivity index (χ2n) is 4.97. The summed E-state index contributed by atoms with van der Waals surface area (Å²) in [6, 6.07) is 1.84. The molecule has 1 atom stereocenters. The summed E-state index contributed by atoms with van der Waals surface area (Å²) in [5, 5.41) is 6.75. The number of carbonyl (C=O) groups excluding carboxylic acids is 1. The molecule has 1 aliphatic rings. The van der Waals surface area contributed by atoms with E-state index in [-0.39, 0.29) is 18.6 Å². The Morgan fingerprint density at radius 3 is 3.05 bits per heavy atom. The Kier molecular flexibility index (Phi) is 3.92. The summed E-state index contributed by atoms with van der Waals surface area (Å²) in [6.45, 7) is 0.854. The Balaban J connectivity index is 1.78. The van der Waals surface area contributed by atoms with E-state index in [4.69, 9.17) is 4.74 Å². The Morgan fingerprint density at radius 1 is 1.48 bits per heavy atom. The first-order valence-corrected chi connectivity index (χ1v) is 6.89. The molecule has 1 N–H and O–H groups in total. The van der Waals surface area contributed by atoms with Gasteiger partial charge in [-0.3, -0.25) is 19.9 Å². The fourth-order valence-electron chi connectivity index (χ4n) is 2.63. The molecule has 3 heterocycles. The van der Waals surface area contributed by atoms with Gasteiger partial charge in [-0.2, -0.15) is 5.10 Å². The Hall–Kier alpha value is -2.28. The molecule has 1 amide bonds. The molecule has 3 rings (SSSR count). The van der Waals surface area contributed by atoms with Crippen LogP contribution in [0.1, 0.15) is 24.6 Å². The van der Waals surface area contributed by atoms with Gasteiger partial charge in [0.15, 0.2) is 0 Å². The van der Waals surface area contributed by atoms with E-state index in [9.17, 15) is 4.79 Å². The zero-order valence-corrected chi connectivity index (χ0v) is 11.8. The molecular weight excluding hydrogens is 270 g/mol. The van der Waals surface area contributed by atoms with Crippen molar-refractivity contribution in [1.29, 1.82) is 0 Å². The Labute approximate surface area is 122 Å². The van der Waals surface area contributed by atoms with Crippen molar-refractivity contribution in [2.45, 2.75) is 18.9 Å². The lowest BCUT2D eigenvalue weighted by Crippen LogP contribution is -2.33. The summed E-state index contributed by atoms with van der Waals surface area (Å²) in [5.41, 5.74) is 2.39. The molecule has 7 nitrogen and oxygen atoms in total. The van der Waals surface area contributed by atoms with Crippen LogP contribution in [0.15, 0.2) is 24.7 Å². The molecule has 21 heavy (non-hydrogen) atoms. The quantitative estimate of drug-likeness (QED) is 0.912. The molecule has 7 heteroatoms. The van der Waals surface area contributed by atoms with Crippen molar-refractivity contribution >= 4 is 5.91 Å². The summed E-state index contributed by atoms with van der Waals surface area (Å²) in [5.74, 6) is -0.000514. The lowest BCUT2D eigenvalue weighted by Gasteiger charge is -2.23. The maximum Gasteiger partial charge on any atom is 0.249 e. The predicted molar refractivity (Wildman–Crippen MR) is 75.2 cm³/mol. The number of hydrogen-bond donors (Lipinski definition) is 1. The average molecular weight is 287 g/mol. The van der Waals surface area contributed by atoms with Crippen LogP contribution in [0.4, 0.5) is 0 Å². The van der Waals surface area contributed by atoms with Crippen LogP contribution in [0.25, 0.3) is 11.4 Å². The molecular formula is C14H17N5O2. The summed E-state index contributed by atoms with van der Waals surface area (Å²) >= 11 is 0. The number of aromatic nitrogens is 4. The minimum absolute atomic E-state index is 0.000514. The normalized spacial score (nSPS) is 18.1. The standard InChI is InChI=1S/C14H17N5O2/c1-21-9-14(20)19-6-2-3-13(19)12-8-15-11(7-16-12)10-4-5-17-18-10/h4-5,7-8,13H,2-3,6,9H2,1H3,(H,17,18)/t13-/m1/s1. The van der Waals surface area contributed by atoms with Crippen LogP contribution in [0.5, 0.6) is 0 Å². The molecule has 1 aliphatic heterocycles. The van der Waals surface area contributed by atoms with E-state index in [1.165, 1.54) is 7.11 Å². The van der Waals surface area contributed by atoms with Crippen LogP contribution in [0.3, 0.4) is 0 Å². The number of H-pyrrole nitrogens is 1. The minimum Gasteiger partial charge on any atom is -0.375 e. The fourth-order valence-corrected chi connectivity index (χ4v) is 2.63. The molecule has 2 aromatic rings. The van der Waals surface area contributed by atoms with Crippen LogP contribution in [0.2, 0.25) is 0 Å². The highest BCUT2D eigenvalue weighted by Gasteiger charge is 2.30. The highest BCUT2D eigenvalue weighted by atomic mass is 16.5. The van der Waals surface area contributed by atoms with Crippen molar-refractivity contribution in [1.82, 2.24) is 25.1 Å². The van der Waals surface area contributed by atoms with Gasteiger partial charge in [0.2, 0.25) is 5.91 Å². The first-order valence-electron chi connectivity index (χ1n) is 6.89. The van der Waals surface area contributed by atoms with E-state index in [2.05, 4.69) is 20.2 Å². The molecule has 0 radical (unpaired) electrons. The van der Waals surface area contributed by atoms with Gasteiger partial charge in [-0.25, -0.2) is 0 Å². The van der Waals surface area contributed by atoms with Gasteiger partial charge in [-0.1, -0.05) is 0 Å². The number of nitrogens with one attached hydrogen (secondary N) is 1. The highest BCUT2D eigenvalue weighted by Crippen LogP contribution is 2.30. The summed E-state index contributed by atoms with van der Waals surface area (Å²) in [6.07, 6.45) is 7.00. The van der Waals surface area contributed by atoms with Crippen molar-refractivity contribution in [2.75, 3.05) is 20.3 Å². The molecule has 0 unspecified atom stereocenters. The molecule has 0 bridgehead atoms. The number of rotatable bonds is 4. The van der Waals surface area contributed by atoms with E-state index in [0.29, 0.717) is 0 Å². The van der Waals surface area contributed by atoms with Gasteiger partial charge in [0, 0.05) is 19.9 Å². The van der Waals surface area contributed by atoms with Crippen LogP contribution < -0.4 is 0 Å². The molecule has 0 aromatic carbocycles. The van der Waals surface area contributed by atoms with Crippen molar-refractivity contribution in [2.24, 2.45) is 0 Å². The van der Waals surface area contributed by atoms with Gasteiger partial charge >= 0.3 is 0 Å². The zero-order chi connectivity index (χ0) is 14.7. The molecule has 0 saturated carbocycles. The van der Waals surface area contributed by atoms with Crippen LogP contribution in [-0.4, -0.2) is 51.2 Å². The van der Waals surface area contributed by atoms with Gasteiger partial charge in [-0.05, 0) is 18.9 Å². The second kappa shape index (κ2) is 6.01. The number of ether oxygens (including phenoxy) is 1. The van der Waals surface area contributed by atoms with Gasteiger partial charge < -0.3 is 9.64 Å². The van der Waals surface area contributed by atoms with E-state index in [1.807, 2.05) is 11.0 Å². The third-order valence-corrected chi connectivity index (χ3v) is 3.63. The van der Waals surface area contributed by atoms with Crippen molar-refractivity contribution < 1.29 is 9.53 Å². The van der Waals surface area contributed by atoms with Crippen LogP contribution >= 0.6 is 0 Å². The Bertz CT molecular complexity index is 596. The number of aromatic amines is 1. The molecule has 0 spiro atoms. The van der Waals surface area contributed by atoms with Gasteiger partial charge in [0.25, 0.3) is 0 Å². The molecule has 2 aromatic heterocycles. The smallest absolute Gasteiger partial charge is 0.249 e. The SMILES string of the molecule is COCC(=O)N1CCC[C@@H]1c1cnc(-c2ccn[nH]2)cn1. The third kappa shape index (κ3) is 2.78. The van der Waals surface area contributed by atoms with Gasteiger partial charge in [0.1, 0.15) is 12.3 Å². The highest BCUT2D eigenvalue weighted by molar-refractivity contribution is 5.78. The fraction of sp³-hybridized carbons (Fsp3) is 0.429. The summed E-state index contributed by atoms with van der Waals surface area (Å²) < 4.78 is 4.93.